The molecule has 3 rings (SSSR count). The molecule has 0 amide bonds. The van der Waals surface area contributed by atoms with Crippen LogP contribution in [-0.4, -0.2) is 23.7 Å². The lowest BCUT2D eigenvalue weighted by atomic mass is 10.0. The normalized spacial score (nSPS) is 29.8. The zero-order valence-corrected chi connectivity index (χ0v) is 9.61. The Morgan fingerprint density at radius 3 is 3.06 bits per heavy atom. The molecule has 1 aromatic heterocycles. The summed E-state index contributed by atoms with van der Waals surface area (Å²) in [6, 6.07) is 0.711. The molecule has 2 fully saturated rings. The fourth-order valence-corrected chi connectivity index (χ4v) is 2.27. The van der Waals surface area contributed by atoms with Crippen molar-refractivity contribution in [1.29, 1.82) is 0 Å². The zero-order chi connectivity index (χ0) is 11.0. The van der Waals surface area contributed by atoms with Crippen LogP contribution in [0, 0.1) is 0 Å². The summed E-state index contributed by atoms with van der Waals surface area (Å²) in [5, 5.41) is 3.47. The first-order valence-corrected chi connectivity index (χ1v) is 6.10. The van der Waals surface area contributed by atoms with Crippen molar-refractivity contribution in [3.05, 3.63) is 17.8 Å². The number of hydrogen-bond acceptors (Lipinski definition) is 4. The van der Waals surface area contributed by atoms with Crippen molar-refractivity contribution in [1.82, 2.24) is 10.3 Å². The van der Waals surface area contributed by atoms with Crippen LogP contribution in [0.1, 0.15) is 43.6 Å². The maximum absolute atomic E-state index is 5.57. The smallest absolute Gasteiger partial charge is 0.181 e. The van der Waals surface area contributed by atoms with Gasteiger partial charge in [0.2, 0.25) is 0 Å². The maximum Gasteiger partial charge on any atom is 0.181 e. The van der Waals surface area contributed by atoms with Crippen molar-refractivity contribution in [3.8, 4) is 0 Å². The molecule has 16 heavy (non-hydrogen) atoms. The van der Waals surface area contributed by atoms with Gasteiger partial charge in [-0.15, -0.1) is 0 Å². The van der Waals surface area contributed by atoms with E-state index in [0.717, 1.165) is 31.0 Å². The Labute approximate surface area is 95.4 Å². The topological polar surface area (TPSA) is 47.3 Å². The SMILES string of the molecule is CC1CC(c2ocnc2CNC2CC2)CO1. The largest absolute Gasteiger partial charge is 0.448 e. The summed E-state index contributed by atoms with van der Waals surface area (Å²) in [5.74, 6) is 1.42. The molecule has 4 nitrogen and oxygen atoms in total. The molecule has 4 heteroatoms. The highest BCUT2D eigenvalue weighted by molar-refractivity contribution is 5.14. The first-order valence-electron chi connectivity index (χ1n) is 6.10. The van der Waals surface area contributed by atoms with Crippen molar-refractivity contribution in [3.63, 3.8) is 0 Å². The Bertz CT molecular complexity index is 360. The third-order valence-electron chi connectivity index (χ3n) is 3.38. The molecule has 88 valence electrons. The van der Waals surface area contributed by atoms with Gasteiger partial charge in [-0.2, -0.15) is 0 Å². The molecule has 0 aromatic carbocycles. The van der Waals surface area contributed by atoms with Gasteiger partial charge in [0, 0.05) is 18.5 Å². The van der Waals surface area contributed by atoms with E-state index < -0.39 is 0 Å². The number of oxazole rings is 1. The highest BCUT2D eigenvalue weighted by Crippen LogP contribution is 2.31. The minimum absolute atomic E-state index is 0.347. The molecule has 2 heterocycles. The van der Waals surface area contributed by atoms with Gasteiger partial charge >= 0.3 is 0 Å². The number of nitrogens with one attached hydrogen (secondary N) is 1. The van der Waals surface area contributed by atoms with Crippen molar-refractivity contribution < 1.29 is 9.15 Å². The van der Waals surface area contributed by atoms with Gasteiger partial charge in [0.1, 0.15) is 5.76 Å². The van der Waals surface area contributed by atoms with E-state index >= 15 is 0 Å². The summed E-state index contributed by atoms with van der Waals surface area (Å²) in [6.45, 7) is 3.71. The summed E-state index contributed by atoms with van der Waals surface area (Å²) in [7, 11) is 0. The minimum atomic E-state index is 0.347. The van der Waals surface area contributed by atoms with E-state index in [1.165, 1.54) is 12.8 Å². The molecule has 0 radical (unpaired) electrons. The fourth-order valence-electron chi connectivity index (χ4n) is 2.27. The summed E-state index contributed by atoms with van der Waals surface area (Å²) in [6.07, 6.45) is 5.56. The van der Waals surface area contributed by atoms with Gasteiger partial charge in [0.25, 0.3) is 0 Å². The lowest BCUT2D eigenvalue weighted by Gasteiger charge is -2.06. The standard InChI is InChI=1S/C12H18N2O2/c1-8-4-9(6-15-8)12-11(14-7-16-12)5-13-10-2-3-10/h7-10,13H,2-6H2,1H3. The number of rotatable bonds is 4. The van der Waals surface area contributed by atoms with Crippen molar-refractivity contribution in [2.45, 2.75) is 50.8 Å². The predicted octanol–water partition coefficient (Wildman–Crippen LogP) is 1.82. The van der Waals surface area contributed by atoms with E-state index in [1.54, 1.807) is 6.39 Å². The average molecular weight is 222 g/mol. The number of ether oxygens (including phenoxy) is 1. The monoisotopic (exact) mass is 222 g/mol. The molecule has 0 bridgehead atoms. The van der Waals surface area contributed by atoms with E-state index in [2.05, 4.69) is 17.2 Å². The van der Waals surface area contributed by atoms with E-state index in [4.69, 9.17) is 9.15 Å². The van der Waals surface area contributed by atoms with Crippen LogP contribution in [0.4, 0.5) is 0 Å². The van der Waals surface area contributed by atoms with Crippen molar-refractivity contribution >= 4 is 0 Å². The third-order valence-corrected chi connectivity index (χ3v) is 3.38. The number of aromatic nitrogens is 1. The molecule has 1 N–H and O–H groups in total. The van der Waals surface area contributed by atoms with Gasteiger partial charge in [-0.05, 0) is 26.2 Å². The zero-order valence-electron chi connectivity index (χ0n) is 9.61. The molecular weight excluding hydrogens is 204 g/mol. The molecule has 1 saturated heterocycles. The van der Waals surface area contributed by atoms with Crippen molar-refractivity contribution in [2.75, 3.05) is 6.61 Å². The molecule has 1 saturated carbocycles. The Kier molecular flexibility index (Phi) is 2.69. The Morgan fingerprint density at radius 2 is 2.38 bits per heavy atom. The summed E-state index contributed by atoms with van der Waals surface area (Å²) >= 11 is 0. The van der Waals surface area contributed by atoms with Crippen LogP contribution in [-0.2, 0) is 11.3 Å². The summed E-state index contributed by atoms with van der Waals surface area (Å²) in [5.41, 5.74) is 1.06. The highest BCUT2D eigenvalue weighted by atomic mass is 16.5. The van der Waals surface area contributed by atoms with Crippen molar-refractivity contribution in [2.24, 2.45) is 0 Å². The Morgan fingerprint density at radius 1 is 1.50 bits per heavy atom. The van der Waals surface area contributed by atoms with Crippen LogP contribution < -0.4 is 5.32 Å². The van der Waals surface area contributed by atoms with Crippen LogP contribution >= 0.6 is 0 Å². The fraction of sp³-hybridized carbons (Fsp3) is 0.750. The predicted molar refractivity (Wildman–Crippen MR) is 59.1 cm³/mol. The quantitative estimate of drug-likeness (QED) is 0.844. The van der Waals surface area contributed by atoms with Crippen LogP contribution in [0.15, 0.2) is 10.8 Å². The van der Waals surface area contributed by atoms with E-state index in [0.29, 0.717) is 18.1 Å². The molecular formula is C12H18N2O2. The number of hydrogen-bond donors (Lipinski definition) is 1. The van der Waals surface area contributed by atoms with Gasteiger partial charge in [0.15, 0.2) is 6.39 Å². The van der Waals surface area contributed by atoms with E-state index in [1.807, 2.05) is 0 Å². The Hall–Kier alpha value is -0.870. The van der Waals surface area contributed by atoms with E-state index in [9.17, 15) is 0 Å². The highest BCUT2D eigenvalue weighted by Gasteiger charge is 2.29. The second-order valence-corrected chi connectivity index (χ2v) is 4.90. The molecule has 1 aromatic rings. The molecule has 0 spiro atoms. The summed E-state index contributed by atoms with van der Waals surface area (Å²) in [4.78, 5) is 4.30. The average Bonchev–Trinajstić information content (AvgIpc) is 2.82. The lowest BCUT2D eigenvalue weighted by Crippen LogP contribution is -2.17. The molecule has 1 aliphatic carbocycles. The maximum atomic E-state index is 5.57. The van der Waals surface area contributed by atoms with Crippen LogP contribution in [0.25, 0.3) is 0 Å². The van der Waals surface area contributed by atoms with Gasteiger partial charge in [0.05, 0.1) is 18.4 Å². The number of nitrogens with zero attached hydrogens (tertiary/aromatic N) is 1. The summed E-state index contributed by atoms with van der Waals surface area (Å²) < 4.78 is 11.1. The second-order valence-electron chi connectivity index (χ2n) is 4.90. The van der Waals surface area contributed by atoms with Crippen LogP contribution in [0.3, 0.4) is 0 Å². The molecule has 2 aliphatic rings. The lowest BCUT2D eigenvalue weighted by molar-refractivity contribution is 0.122. The van der Waals surface area contributed by atoms with Gasteiger partial charge in [-0.3, -0.25) is 0 Å². The third kappa shape index (κ3) is 2.13. The van der Waals surface area contributed by atoms with E-state index in [-0.39, 0.29) is 0 Å². The first kappa shape index (κ1) is 10.3. The van der Waals surface area contributed by atoms with Gasteiger partial charge in [-0.25, -0.2) is 4.98 Å². The van der Waals surface area contributed by atoms with Gasteiger partial charge in [-0.1, -0.05) is 0 Å². The second kappa shape index (κ2) is 4.18. The molecule has 2 unspecified atom stereocenters. The van der Waals surface area contributed by atoms with Crippen LogP contribution in [0.2, 0.25) is 0 Å². The van der Waals surface area contributed by atoms with Gasteiger partial charge < -0.3 is 14.5 Å². The minimum Gasteiger partial charge on any atom is -0.448 e. The molecule has 2 atom stereocenters. The van der Waals surface area contributed by atoms with Crippen LogP contribution in [0.5, 0.6) is 0 Å². The Balaban J connectivity index is 1.66. The first-order chi connectivity index (χ1) is 7.83. The molecule has 1 aliphatic heterocycles.